The van der Waals surface area contributed by atoms with Crippen molar-refractivity contribution in [1.82, 2.24) is 5.32 Å². The molecule has 18 heavy (non-hydrogen) atoms. The summed E-state index contributed by atoms with van der Waals surface area (Å²) in [5.74, 6) is 0. The first-order valence-electron chi connectivity index (χ1n) is 6.24. The highest BCUT2D eigenvalue weighted by atomic mass is 16.5. The number of amides is 2. The third-order valence-corrected chi connectivity index (χ3v) is 2.00. The molecule has 0 aromatic rings. The minimum atomic E-state index is -0.507. The molecule has 0 aliphatic carbocycles. The number of urea groups is 1. The summed E-state index contributed by atoms with van der Waals surface area (Å²) in [5.41, 5.74) is 10.2. The van der Waals surface area contributed by atoms with Gasteiger partial charge in [-0.2, -0.15) is 0 Å². The number of hydrogen-bond acceptors (Lipinski definition) is 5. The first-order valence-corrected chi connectivity index (χ1v) is 6.24. The van der Waals surface area contributed by atoms with Crippen molar-refractivity contribution in [3.8, 4) is 0 Å². The van der Waals surface area contributed by atoms with Crippen molar-refractivity contribution in [3.63, 3.8) is 0 Å². The van der Waals surface area contributed by atoms with Gasteiger partial charge in [0.25, 0.3) is 0 Å². The molecule has 0 bridgehead atoms. The fourth-order valence-corrected chi connectivity index (χ4v) is 1.11. The molecule has 0 aliphatic rings. The van der Waals surface area contributed by atoms with Gasteiger partial charge in [-0.25, -0.2) is 4.79 Å². The zero-order valence-electron chi connectivity index (χ0n) is 10.9. The highest BCUT2D eigenvalue weighted by Gasteiger charge is 1.93. The maximum atomic E-state index is 10.3. The topological polar surface area (TPSA) is 109 Å². The first kappa shape index (κ1) is 17.1. The largest absolute Gasteiger partial charge is 0.379 e. The molecule has 0 aromatic heterocycles. The van der Waals surface area contributed by atoms with Gasteiger partial charge in [-0.1, -0.05) is 0 Å². The Morgan fingerprint density at radius 3 is 1.89 bits per heavy atom. The Balaban J connectivity index is 2.92. The number of rotatable bonds is 13. The van der Waals surface area contributed by atoms with Crippen LogP contribution in [0.15, 0.2) is 0 Å². The molecule has 7 heteroatoms. The van der Waals surface area contributed by atoms with Crippen LogP contribution in [0.4, 0.5) is 4.79 Å². The second-order valence-electron chi connectivity index (χ2n) is 3.62. The molecule has 0 rings (SSSR count). The molecule has 0 fully saturated rings. The zero-order valence-corrected chi connectivity index (χ0v) is 10.9. The van der Waals surface area contributed by atoms with Crippen LogP contribution in [-0.2, 0) is 14.2 Å². The third-order valence-electron chi connectivity index (χ3n) is 2.00. The summed E-state index contributed by atoms with van der Waals surface area (Å²) < 4.78 is 15.8. The van der Waals surface area contributed by atoms with E-state index in [4.69, 9.17) is 25.7 Å². The molecule has 108 valence electrons. The van der Waals surface area contributed by atoms with E-state index in [-0.39, 0.29) is 0 Å². The Labute approximate surface area is 108 Å². The molecule has 0 heterocycles. The van der Waals surface area contributed by atoms with E-state index in [0.29, 0.717) is 52.7 Å². The highest BCUT2D eigenvalue weighted by molar-refractivity contribution is 5.71. The second kappa shape index (κ2) is 14.2. The average Bonchev–Trinajstić information content (AvgIpc) is 2.34. The van der Waals surface area contributed by atoms with E-state index in [1.165, 1.54) is 0 Å². The summed E-state index contributed by atoms with van der Waals surface area (Å²) in [5, 5.41) is 2.48. The highest BCUT2D eigenvalue weighted by Crippen LogP contribution is 1.84. The van der Waals surface area contributed by atoms with E-state index in [2.05, 4.69) is 5.32 Å². The molecule has 0 aromatic carbocycles. The van der Waals surface area contributed by atoms with Gasteiger partial charge in [-0.3, -0.25) is 0 Å². The van der Waals surface area contributed by atoms with Crippen molar-refractivity contribution in [2.24, 2.45) is 11.5 Å². The zero-order chi connectivity index (χ0) is 13.5. The van der Waals surface area contributed by atoms with Crippen LogP contribution >= 0.6 is 0 Å². The fraction of sp³-hybridized carbons (Fsp3) is 0.909. The number of primary amides is 1. The predicted octanol–water partition coefficient (Wildman–Crippen LogP) is -0.557. The monoisotopic (exact) mass is 263 g/mol. The van der Waals surface area contributed by atoms with Gasteiger partial charge < -0.3 is 31.0 Å². The van der Waals surface area contributed by atoms with Gasteiger partial charge in [-0.15, -0.1) is 0 Å². The van der Waals surface area contributed by atoms with Crippen LogP contribution in [-0.4, -0.2) is 58.8 Å². The Morgan fingerprint density at radius 2 is 1.39 bits per heavy atom. The molecular formula is C11H25N3O4. The molecule has 0 saturated heterocycles. The van der Waals surface area contributed by atoms with Gasteiger partial charge in [0.15, 0.2) is 0 Å². The summed E-state index contributed by atoms with van der Waals surface area (Å²) in [4.78, 5) is 10.3. The maximum Gasteiger partial charge on any atom is 0.312 e. The van der Waals surface area contributed by atoms with Gasteiger partial charge in [0.2, 0.25) is 0 Å². The quantitative estimate of drug-likeness (QED) is 0.386. The molecule has 5 N–H and O–H groups in total. The number of hydrogen-bond donors (Lipinski definition) is 3. The predicted molar refractivity (Wildman–Crippen MR) is 68.3 cm³/mol. The van der Waals surface area contributed by atoms with E-state index >= 15 is 0 Å². The van der Waals surface area contributed by atoms with Gasteiger partial charge in [0.1, 0.15) is 0 Å². The van der Waals surface area contributed by atoms with Gasteiger partial charge in [0.05, 0.1) is 26.4 Å². The average molecular weight is 263 g/mol. The third kappa shape index (κ3) is 15.1. The van der Waals surface area contributed by atoms with E-state index in [1.807, 2.05) is 0 Å². The van der Waals surface area contributed by atoms with Crippen molar-refractivity contribution in [1.29, 1.82) is 0 Å². The van der Waals surface area contributed by atoms with E-state index in [9.17, 15) is 4.79 Å². The summed E-state index contributed by atoms with van der Waals surface area (Å²) in [6.07, 6.45) is 1.62. The lowest BCUT2D eigenvalue weighted by molar-refractivity contribution is 0.0141. The van der Waals surface area contributed by atoms with Crippen molar-refractivity contribution in [2.45, 2.75) is 12.8 Å². The van der Waals surface area contributed by atoms with Crippen LogP contribution in [0.25, 0.3) is 0 Å². The molecule has 0 aliphatic heterocycles. The summed E-state index contributed by atoms with van der Waals surface area (Å²) in [6.45, 7) is 4.69. The molecular weight excluding hydrogens is 238 g/mol. The Bertz CT molecular complexity index is 193. The number of carbonyl (C=O) groups excluding carboxylic acids is 1. The molecule has 0 saturated carbocycles. The van der Waals surface area contributed by atoms with Crippen molar-refractivity contribution >= 4 is 6.03 Å². The molecule has 0 unspecified atom stereocenters. The molecule has 2 amide bonds. The lowest BCUT2D eigenvalue weighted by Gasteiger charge is -2.06. The Morgan fingerprint density at radius 1 is 0.889 bits per heavy atom. The number of nitrogens with two attached hydrogens (primary N) is 2. The Hall–Kier alpha value is -0.890. The van der Waals surface area contributed by atoms with Crippen LogP contribution in [0.5, 0.6) is 0 Å². The molecule has 0 spiro atoms. The van der Waals surface area contributed by atoms with Crippen molar-refractivity contribution in [2.75, 3.05) is 52.7 Å². The number of nitrogens with one attached hydrogen (secondary N) is 1. The molecule has 0 atom stereocenters. The van der Waals surface area contributed by atoms with Gasteiger partial charge in [-0.05, 0) is 19.4 Å². The number of ether oxygens (including phenoxy) is 3. The minimum Gasteiger partial charge on any atom is -0.379 e. The second-order valence-corrected chi connectivity index (χ2v) is 3.62. The molecule has 7 nitrogen and oxygen atoms in total. The number of carbonyl (C=O) groups is 1. The standard InChI is InChI=1S/C11H25N3O4/c12-3-1-5-16-7-9-18-10-8-17-6-2-4-14-11(13)15/h1-10,12H2,(H3,13,14,15). The van der Waals surface area contributed by atoms with E-state index < -0.39 is 6.03 Å². The summed E-state index contributed by atoms with van der Waals surface area (Å²) >= 11 is 0. The maximum absolute atomic E-state index is 10.3. The lowest BCUT2D eigenvalue weighted by atomic mass is 10.4. The Kier molecular flexibility index (Phi) is 13.5. The minimum absolute atomic E-state index is 0.507. The normalized spacial score (nSPS) is 10.5. The first-order chi connectivity index (χ1) is 8.77. The van der Waals surface area contributed by atoms with E-state index in [0.717, 1.165) is 12.8 Å². The van der Waals surface area contributed by atoms with Crippen molar-refractivity contribution in [3.05, 3.63) is 0 Å². The van der Waals surface area contributed by atoms with Crippen LogP contribution in [0.1, 0.15) is 12.8 Å². The van der Waals surface area contributed by atoms with Gasteiger partial charge in [0, 0.05) is 19.8 Å². The fourth-order valence-electron chi connectivity index (χ4n) is 1.11. The van der Waals surface area contributed by atoms with Crippen molar-refractivity contribution < 1.29 is 19.0 Å². The summed E-state index contributed by atoms with van der Waals surface area (Å²) in [6, 6.07) is -0.507. The van der Waals surface area contributed by atoms with Crippen LogP contribution in [0, 0.1) is 0 Å². The van der Waals surface area contributed by atoms with Gasteiger partial charge >= 0.3 is 6.03 Å². The SMILES string of the molecule is NCCCOCCOCCOCCCNC(N)=O. The smallest absolute Gasteiger partial charge is 0.312 e. The lowest BCUT2D eigenvalue weighted by Crippen LogP contribution is -2.30. The summed E-state index contributed by atoms with van der Waals surface area (Å²) in [7, 11) is 0. The van der Waals surface area contributed by atoms with Crippen LogP contribution in [0.3, 0.4) is 0 Å². The van der Waals surface area contributed by atoms with Crippen LogP contribution < -0.4 is 16.8 Å². The molecule has 0 radical (unpaired) electrons. The van der Waals surface area contributed by atoms with Crippen LogP contribution in [0.2, 0.25) is 0 Å². The van der Waals surface area contributed by atoms with E-state index in [1.54, 1.807) is 0 Å².